The summed E-state index contributed by atoms with van der Waals surface area (Å²) in [7, 11) is 0. The molecule has 14 nitrogen and oxygen atoms in total. The summed E-state index contributed by atoms with van der Waals surface area (Å²) in [5.74, 6) is 0.253. The Morgan fingerprint density at radius 3 is 1.48 bits per heavy atom. The lowest BCUT2D eigenvalue weighted by molar-refractivity contribution is -0.118. The van der Waals surface area contributed by atoms with Crippen molar-refractivity contribution in [3.8, 4) is 0 Å². The number of hydrogen-bond donors (Lipinski definition) is 4. The molecule has 328 valence electrons. The first-order valence-electron chi connectivity index (χ1n) is 21.6. The molecule has 8 heterocycles. The van der Waals surface area contributed by atoms with E-state index in [9.17, 15) is 19.2 Å². The molecule has 0 spiro atoms. The lowest BCUT2D eigenvalue weighted by Gasteiger charge is -2.37. The molecular formula is C45H48N8O6S4. The monoisotopic (exact) mass is 924 g/mol. The number of carbonyl (C=O) groups is 4. The molecule has 4 fully saturated rings. The Bertz CT molecular complexity index is 2370. The van der Waals surface area contributed by atoms with Gasteiger partial charge in [0.1, 0.15) is 10.0 Å². The molecule has 0 bridgehead atoms. The molecule has 18 heteroatoms. The van der Waals surface area contributed by atoms with Crippen LogP contribution in [0.5, 0.6) is 0 Å². The number of thiophene rings is 2. The van der Waals surface area contributed by atoms with E-state index in [2.05, 4.69) is 33.4 Å². The SMILES string of the molecule is O=C(Nc1ccc(C(=O)N2CC(c3nc4ccccc4s3)C2)s1)[C@@H]1C[C@@H](OCCCCCO[C@H]2CN[C@H](C(=O)Nc3ccc(C(=O)N4CC(c5nc6ccccc6s5)C4)s3)C2)CN1. The minimum absolute atomic E-state index is 0.0140. The van der Waals surface area contributed by atoms with Crippen molar-refractivity contribution < 1.29 is 28.7 Å². The number of likely N-dealkylation sites (tertiary alicyclic amines) is 2. The minimum atomic E-state index is -0.354. The van der Waals surface area contributed by atoms with Gasteiger partial charge in [0, 0.05) is 64.3 Å². The lowest BCUT2D eigenvalue weighted by atomic mass is 10.0. The third-order valence-corrected chi connectivity index (χ3v) is 16.5. The van der Waals surface area contributed by atoms with Gasteiger partial charge in [-0.1, -0.05) is 24.3 Å². The number of aromatic nitrogens is 2. The molecule has 0 radical (unpaired) electrons. The molecule has 4 aliphatic heterocycles. The number of rotatable bonds is 16. The number of unbranched alkanes of at least 4 members (excludes halogenated alkanes) is 2. The van der Waals surface area contributed by atoms with E-state index in [1.165, 1.54) is 32.1 Å². The number of thiazole rings is 2. The first-order chi connectivity index (χ1) is 30.8. The van der Waals surface area contributed by atoms with Crippen LogP contribution in [0.4, 0.5) is 10.0 Å². The van der Waals surface area contributed by atoms with E-state index in [4.69, 9.17) is 19.4 Å². The van der Waals surface area contributed by atoms with Crippen LogP contribution < -0.4 is 21.3 Å². The van der Waals surface area contributed by atoms with E-state index in [0.717, 1.165) is 40.3 Å². The van der Waals surface area contributed by atoms with Crippen LogP contribution in [0.3, 0.4) is 0 Å². The molecule has 4 saturated heterocycles. The molecule has 4 atom stereocenters. The molecule has 0 unspecified atom stereocenters. The maximum Gasteiger partial charge on any atom is 0.264 e. The van der Waals surface area contributed by atoms with Crippen molar-refractivity contribution in [3.63, 3.8) is 0 Å². The summed E-state index contributed by atoms with van der Waals surface area (Å²) in [5, 5.41) is 16.0. The molecule has 63 heavy (non-hydrogen) atoms. The first kappa shape index (κ1) is 42.3. The minimum Gasteiger partial charge on any atom is -0.377 e. The summed E-state index contributed by atoms with van der Waals surface area (Å²) in [4.78, 5) is 66.8. The second-order valence-corrected chi connectivity index (χ2v) is 20.9. The van der Waals surface area contributed by atoms with Crippen molar-refractivity contribution >= 4 is 99.4 Å². The summed E-state index contributed by atoms with van der Waals surface area (Å²) in [6.45, 7) is 5.05. The Hall–Kier alpha value is -4.66. The maximum atomic E-state index is 13.1. The van der Waals surface area contributed by atoms with E-state index in [-0.39, 0.29) is 59.8 Å². The van der Waals surface area contributed by atoms with Crippen molar-refractivity contribution in [1.82, 2.24) is 30.4 Å². The molecule has 4 aromatic heterocycles. The van der Waals surface area contributed by atoms with E-state index in [1.54, 1.807) is 46.9 Å². The fourth-order valence-corrected chi connectivity index (χ4v) is 12.3. The Labute approximate surface area is 380 Å². The van der Waals surface area contributed by atoms with Gasteiger partial charge in [0.05, 0.1) is 64.5 Å². The zero-order valence-corrected chi connectivity index (χ0v) is 37.7. The summed E-state index contributed by atoms with van der Waals surface area (Å²) < 4.78 is 14.5. The number of nitrogens with one attached hydrogen (secondary N) is 4. The fraction of sp³-hybridized carbons (Fsp3) is 0.422. The summed E-state index contributed by atoms with van der Waals surface area (Å²) in [5.41, 5.74) is 2.01. The van der Waals surface area contributed by atoms with Crippen molar-refractivity contribution in [1.29, 1.82) is 0 Å². The molecule has 4 N–H and O–H groups in total. The van der Waals surface area contributed by atoms with Crippen LogP contribution in [0.2, 0.25) is 0 Å². The number of fused-ring (bicyclic) bond motifs is 2. The third-order valence-electron chi connectivity index (χ3n) is 12.1. The normalized spacial score (nSPS) is 21.5. The van der Waals surface area contributed by atoms with Gasteiger partial charge in [-0.15, -0.1) is 45.3 Å². The number of anilines is 2. The van der Waals surface area contributed by atoms with Gasteiger partial charge in [-0.2, -0.15) is 0 Å². The van der Waals surface area contributed by atoms with Crippen LogP contribution in [0.1, 0.15) is 73.3 Å². The highest BCUT2D eigenvalue weighted by Gasteiger charge is 2.37. The average molecular weight is 925 g/mol. The molecule has 0 saturated carbocycles. The highest BCUT2D eigenvalue weighted by molar-refractivity contribution is 7.19. The quantitative estimate of drug-likeness (QED) is 0.0763. The van der Waals surface area contributed by atoms with E-state index < -0.39 is 0 Å². The standard InChI is InChI=1S/C45H48N8O6S4/c54-40(50-38-14-12-36(60-38)44(56)52-22-26(23-52)42-48-30-8-2-4-10-34(30)62-42)32-18-28(20-46-32)58-16-6-1-7-17-59-29-19-33(47-21-29)41(55)51-39-15-13-37(61-39)45(57)53-24-27(25-53)43-49-31-9-3-5-11-35(31)63-43/h2-5,8-15,26-29,32-33,46-47H,1,6-7,16-25H2,(H,50,54)(H,51,55)/t28-,29-,32+,33+/m1/s1. The summed E-state index contributed by atoms with van der Waals surface area (Å²) in [6.07, 6.45) is 3.84. The second-order valence-electron chi connectivity index (χ2n) is 16.6. The number of carbonyl (C=O) groups excluding carboxylic acids is 4. The summed E-state index contributed by atoms with van der Waals surface area (Å²) in [6, 6.07) is 22.7. The Morgan fingerprint density at radius 2 is 1.03 bits per heavy atom. The number of hydrogen-bond acceptors (Lipinski definition) is 14. The van der Waals surface area contributed by atoms with E-state index >= 15 is 0 Å². The highest BCUT2D eigenvalue weighted by Crippen LogP contribution is 2.37. The zero-order chi connectivity index (χ0) is 42.9. The van der Waals surface area contributed by atoms with Crippen LogP contribution >= 0.6 is 45.3 Å². The predicted molar refractivity (Wildman–Crippen MR) is 249 cm³/mol. The largest absolute Gasteiger partial charge is 0.377 e. The Balaban J connectivity index is 0.566. The Morgan fingerprint density at radius 1 is 0.587 bits per heavy atom. The average Bonchev–Trinajstić information content (AvgIpc) is 4.11. The van der Waals surface area contributed by atoms with E-state index in [0.29, 0.717) is 85.1 Å². The van der Waals surface area contributed by atoms with E-state index in [1.807, 2.05) is 46.2 Å². The van der Waals surface area contributed by atoms with Gasteiger partial charge >= 0.3 is 0 Å². The van der Waals surface area contributed by atoms with Gasteiger partial charge < -0.3 is 40.5 Å². The van der Waals surface area contributed by atoms with Crippen LogP contribution in [-0.4, -0.2) is 120 Å². The topological polar surface area (TPSA) is 167 Å². The molecular weight excluding hydrogens is 877 g/mol. The molecule has 0 aliphatic carbocycles. The number of amides is 4. The van der Waals surface area contributed by atoms with Crippen LogP contribution in [0.15, 0.2) is 72.8 Å². The van der Waals surface area contributed by atoms with Crippen molar-refractivity contribution in [3.05, 3.63) is 92.6 Å². The number of ether oxygens (including phenoxy) is 2. The molecule has 6 aromatic rings. The first-order valence-corrected chi connectivity index (χ1v) is 24.9. The zero-order valence-electron chi connectivity index (χ0n) is 34.5. The molecule has 10 rings (SSSR count). The highest BCUT2D eigenvalue weighted by atomic mass is 32.1. The molecule has 4 amide bonds. The second kappa shape index (κ2) is 18.8. The number of para-hydroxylation sites is 2. The molecule has 2 aromatic carbocycles. The van der Waals surface area contributed by atoms with Crippen LogP contribution in [-0.2, 0) is 19.1 Å². The predicted octanol–water partition coefficient (Wildman–Crippen LogP) is 6.75. The third kappa shape index (κ3) is 9.59. The smallest absolute Gasteiger partial charge is 0.264 e. The van der Waals surface area contributed by atoms with Gasteiger partial charge in [0.15, 0.2) is 0 Å². The van der Waals surface area contributed by atoms with Gasteiger partial charge in [-0.25, -0.2) is 9.97 Å². The van der Waals surface area contributed by atoms with Gasteiger partial charge in [-0.05, 0) is 80.6 Å². The van der Waals surface area contributed by atoms with Crippen molar-refractivity contribution in [2.75, 3.05) is 63.1 Å². The maximum absolute atomic E-state index is 13.1. The van der Waals surface area contributed by atoms with Crippen molar-refractivity contribution in [2.45, 2.75) is 68.2 Å². The van der Waals surface area contributed by atoms with Crippen LogP contribution in [0.25, 0.3) is 20.4 Å². The number of benzene rings is 2. The summed E-state index contributed by atoms with van der Waals surface area (Å²) >= 11 is 6.01. The number of nitrogens with zero attached hydrogens (tertiary/aromatic N) is 4. The van der Waals surface area contributed by atoms with Gasteiger partial charge in [0.2, 0.25) is 11.8 Å². The fourth-order valence-electron chi connectivity index (χ4n) is 8.44. The Kier molecular flexibility index (Phi) is 12.6. The van der Waals surface area contributed by atoms with Gasteiger partial charge in [0.25, 0.3) is 11.8 Å². The molecule has 4 aliphatic rings. The van der Waals surface area contributed by atoms with Crippen LogP contribution in [0, 0.1) is 0 Å². The lowest BCUT2D eigenvalue weighted by Crippen LogP contribution is -2.48. The van der Waals surface area contributed by atoms with Crippen molar-refractivity contribution in [2.24, 2.45) is 0 Å². The van der Waals surface area contributed by atoms with Gasteiger partial charge in [-0.3, -0.25) is 19.2 Å².